The van der Waals surface area contributed by atoms with Crippen molar-refractivity contribution in [1.82, 2.24) is 9.88 Å². The molecule has 0 radical (unpaired) electrons. The maximum Gasteiger partial charge on any atom is 0.258 e. The van der Waals surface area contributed by atoms with Crippen LogP contribution in [-0.4, -0.2) is 29.0 Å². The average molecular weight is 313 g/mol. The lowest BCUT2D eigenvalue weighted by molar-refractivity contribution is 0.0759. The van der Waals surface area contributed by atoms with E-state index in [0.717, 1.165) is 35.5 Å². The molecular formula is C17H19N3OS. The lowest BCUT2D eigenvalue weighted by Gasteiger charge is -2.28. The highest BCUT2D eigenvalue weighted by molar-refractivity contribution is 7.16. The molecule has 2 aromatic heterocycles. The molecule has 0 fully saturated rings. The number of amides is 1. The third-order valence-electron chi connectivity index (χ3n) is 4.47. The fourth-order valence-electron chi connectivity index (χ4n) is 3.29. The number of hydrogen-bond donors (Lipinski definition) is 1. The van der Waals surface area contributed by atoms with Crippen LogP contribution in [0.2, 0.25) is 0 Å². The van der Waals surface area contributed by atoms with Gasteiger partial charge in [0.15, 0.2) is 0 Å². The molecule has 0 spiro atoms. The van der Waals surface area contributed by atoms with Gasteiger partial charge in [-0.15, -0.1) is 11.3 Å². The third kappa shape index (κ3) is 2.39. The fourth-order valence-corrected chi connectivity index (χ4v) is 4.56. The number of anilines is 1. The van der Waals surface area contributed by atoms with Crippen LogP contribution in [-0.2, 0) is 19.3 Å². The fraction of sp³-hybridized carbons (Fsp3) is 0.412. The Morgan fingerprint density at radius 3 is 3.05 bits per heavy atom. The van der Waals surface area contributed by atoms with Gasteiger partial charge < -0.3 is 10.2 Å². The zero-order valence-corrected chi connectivity index (χ0v) is 13.3. The van der Waals surface area contributed by atoms with E-state index in [4.69, 9.17) is 0 Å². The van der Waals surface area contributed by atoms with Crippen LogP contribution in [0.3, 0.4) is 0 Å². The van der Waals surface area contributed by atoms with Gasteiger partial charge in [-0.25, -0.2) is 0 Å². The molecule has 0 bridgehead atoms. The van der Waals surface area contributed by atoms with Crippen molar-refractivity contribution in [3.8, 4) is 0 Å². The van der Waals surface area contributed by atoms with Crippen molar-refractivity contribution in [1.29, 1.82) is 0 Å². The monoisotopic (exact) mass is 313 g/mol. The summed E-state index contributed by atoms with van der Waals surface area (Å²) < 4.78 is 0. The normalized spacial score (nSPS) is 16.9. The van der Waals surface area contributed by atoms with Crippen LogP contribution in [0.4, 0.5) is 5.00 Å². The SMILES string of the molecule is O=C1c2c(sc3c2CCCC3)NCN1CCc1ccccn1. The number of carbonyl (C=O) groups is 1. The summed E-state index contributed by atoms with van der Waals surface area (Å²) in [6.07, 6.45) is 7.26. The van der Waals surface area contributed by atoms with E-state index in [1.807, 2.05) is 23.1 Å². The Morgan fingerprint density at radius 1 is 1.27 bits per heavy atom. The van der Waals surface area contributed by atoms with Crippen LogP contribution in [0, 0.1) is 0 Å². The summed E-state index contributed by atoms with van der Waals surface area (Å²) in [6, 6.07) is 5.92. The van der Waals surface area contributed by atoms with E-state index in [1.165, 1.54) is 23.3 Å². The highest BCUT2D eigenvalue weighted by Crippen LogP contribution is 2.40. The molecule has 0 atom stereocenters. The number of aromatic nitrogens is 1. The molecule has 1 N–H and O–H groups in total. The summed E-state index contributed by atoms with van der Waals surface area (Å²) in [6.45, 7) is 1.32. The minimum Gasteiger partial charge on any atom is -0.359 e. The molecule has 0 unspecified atom stereocenters. The van der Waals surface area contributed by atoms with Crippen LogP contribution in [0.1, 0.15) is 39.3 Å². The lowest BCUT2D eigenvalue weighted by Crippen LogP contribution is -2.41. The Morgan fingerprint density at radius 2 is 2.18 bits per heavy atom. The molecule has 2 aromatic rings. The van der Waals surface area contributed by atoms with Gasteiger partial charge >= 0.3 is 0 Å². The standard InChI is InChI=1S/C17H19N3OS/c21-17-15-13-6-1-2-7-14(13)22-16(15)19-11-20(17)10-8-12-5-3-4-9-18-12/h3-5,9,19H,1-2,6-8,10-11H2. The molecule has 1 aliphatic carbocycles. The van der Waals surface area contributed by atoms with Crippen LogP contribution >= 0.6 is 11.3 Å². The van der Waals surface area contributed by atoms with E-state index in [1.54, 1.807) is 17.5 Å². The summed E-state index contributed by atoms with van der Waals surface area (Å²) in [5.41, 5.74) is 3.30. The number of thiophene rings is 1. The molecule has 3 heterocycles. The van der Waals surface area contributed by atoms with Gasteiger partial charge in [0.1, 0.15) is 5.00 Å². The van der Waals surface area contributed by atoms with Crippen molar-refractivity contribution in [2.75, 3.05) is 18.5 Å². The second kappa shape index (κ2) is 5.72. The van der Waals surface area contributed by atoms with E-state index in [9.17, 15) is 4.79 Å². The van der Waals surface area contributed by atoms with Crippen molar-refractivity contribution < 1.29 is 4.79 Å². The molecule has 114 valence electrons. The molecule has 0 saturated carbocycles. The maximum atomic E-state index is 12.8. The van der Waals surface area contributed by atoms with Gasteiger partial charge in [0.2, 0.25) is 0 Å². The van der Waals surface area contributed by atoms with E-state index in [-0.39, 0.29) is 5.91 Å². The zero-order valence-electron chi connectivity index (χ0n) is 12.5. The predicted octanol–water partition coefficient (Wildman–Crippen LogP) is 3.09. The minimum absolute atomic E-state index is 0.198. The summed E-state index contributed by atoms with van der Waals surface area (Å²) in [5.74, 6) is 0.198. The second-order valence-corrected chi connectivity index (χ2v) is 6.99. The molecule has 22 heavy (non-hydrogen) atoms. The Kier molecular flexibility index (Phi) is 3.58. The largest absolute Gasteiger partial charge is 0.359 e. The number of hydrogen-bond acceptors (Lipinski definition) is 4. The van der Waals surface area contributed by atoms with E-state index in [0.29, 0.717) is 13.2 Å². The number of nitrogens with zero attached hydrogens (tertiary/aromatic N) is 2. The van der Waals surface area contributed by atoms with Gasteiger partial charge in [-0.2, -0.15) is 0 Å². The second-order valence-electron chi connectivity index (χ2n) is 5.89. The number of fused-ring (bicyclic) bond motifs is 3. The highest BCUT2D eigenvalue weighted by atomic mass is 32.1. The van der Waals surface area contributed by atoms with E-state index < -0.39 is 0 Å². The van der Waals surface area contributed by atoms with Crippen molar-refractivity contribution >= 4 is 22.2 Å². The van der Waals surface area contributed by atoms with Crippen LogP contribution in [0.25, 0.3) is 0 Å². The number of rotatable bonds is 3. The first-order valence-electron chi connectivity index (χ1n) is 7.90. The number of carbonyl (C=O) groups excluding carboxylic acids is 1. The smallest absolute Gasteiger partial charge is 0.258 e. The molecule has 4 nitrogen and oxygen atoms in total. The average Bonchev–Trinajstić information content (AvgIpc) is 2.94. The summed E-state index contributed by atoms with van der Waals surface area (Å²) in [4.78, 5) is 20.5. The van der Waals surface area contributed by atoms with Crippen LogP contribution < -0.4 is 5.32 Å². The Balaban J connectivity index is 1.53. The predicted molar refractivity (Wildman–Crippen MR) is 88.4 cm³/mol. The molecule has 4 rings (SSSR count). The van der Waals surface area contributed by atoms with Crippen molar-refractivity contribution in [2.24, 2.45) is 0 Å². The van der Waals surface area contributed by atoms with Gasteiger partial charge in [0.05, 0.1) is 12.2 Å². The highest BCUT2D eigenvalue weighted by Gasteiger charge is 2.31. The number of aryl methyl sites for hydroxylation is 1. The Labute approximate surface area is 134 Å². The first kappa shape index (κ1) is 13.8. The maximum absolute atomic E-state index is 12.8. The van der Waals surface area contributed by atoms with Gasteiger partial charge in [-0.1, -0.05) is 6.07 Å². The summed E-state index contributed by atoms with van der Waals surface area (Å²) in [7, 11) is 0. The third-order valence-corrected chi connectivity index (χ3v) is 5.72. The Bertz CT molecular complexity index is 695. The molecular weight excluding hydrogens is 294 g/mol. The van der Waals surface area contributed by atoms with Gasteiger partial charge in [-0.3, -0.25) is 9.78 Å². The number of nitrogens with one attached hydrogen (secondary N) is 1. The van der Waals surface area contributed by atoms with E-state index in [2.05, 4.69) is 10.3 Å². The summed E-state index contributed by atoms with van der Waals surface area (Å²) in [5, 5.41) is 4.53. The zero-order chi connectivity index (χ0) is 14.9. The minimum atomic E-state index is 0.198. The van der Waals surface area contributed by atoms with Crippen molar-refractivity contribution in [3.63, 3.8) is 0 Å². The van der Waals surface area contributed by atoms with Crippen molar-refractivity contribution in [2.45, 2.75) is 32.1 Å². The molecule has 5 heteroatoms. The van der Waals surface area contributed by atoms with Crippen LogP contribution in [0.15, 0.2) is 24.4 Å². The Hall–Kier alpha value is -1.88. The molecule has 1 aliphatic heterocycles. The number of pyridine rings is 1. The molecule has 0 aromatic carbocycles. The topological polar surface area (TPSA) is 45.2 Å². The first-order chi connectivity index (χ1) is 10.8. The molecule has 2 aliphatic rings. The van der Waals surface area contributed by atoms with Crippen molar-refractivity contribution in [3.05, 3.63) is 46.1 Å². The first-order valence-corrected chi connectivity index (χ1v) is 8.72. The summed E-state index contributed by atoms with van der Waals surface area (Å²) >= 11 is 1.79. The van der Waals surface area contributed by atoms with Crippen LogP contribution in [0.5, 0.6) is 0 Å². The lowest BCUT2D eigenvalue weighted by atomic mass is 9.94. The van der Waals surface area contributed by atoms with Gasteiger partial charge in [-0.05, 0) is 43.4 Å². The quantitative estimate of drug-likeness (QED) is 0.947. The van der Waals surface area contributed by atoms with Gasteiger partial charge in [0.25, 0.3) is 5.91 Å². The van der Waals surface area contributed by atoms with E-state index >= 15 is 0 Å². The van der Waals surface area contributed by atoms with Gasteiger partial charge in [0, 0.05) is 29.7 Å². The molecule has 0 saturated heterocycles. The molecule has 1 amide bonds.